The second kappa shape index (κ2) is 22.0. The van der Waals surface area contributed by atoms with Crippen molar-refractivity contribution in [1.29, 1.82) is 5.26 Å². The van der Waals surface area contributed by atoms with Crippen LogP contribution in [0.1, 0.15) is 176 Å². The summed E-state index contributed by atoms with van der Waals surface area (Å²) >= 11 is 3.50. The van der Waals surface area contributed by atoms with E-state index in [1.165, 1.54) is 175 Å². The normalized spacial score (nSPS) is 13.2. The zero-order chi connectivity index (χ0) is 42.6. The summed E-state index contributed by atoms with van der Waals surface area (Å²) in [6.45, 7) is 4.57. The summed E-state index contributed by atoms with van der Waals surface area (Å²) in [5.41, 5.74) is 37.2. The molecule has 2 aliphatic rings. The first-order valence-corrected chi connectivity index (χ1v) is 25.5. The van der Waals surface area contributed by atoms with Gasteiger partial charge in [-0.05, 0) is 127 Å². The second-order valence-corrected chi connectivity index (χ2v) is 19.4. The summed E-state index contributed by atoms with van der Waals surface area (Å²) in [6.07, 6.45) is 27.4. The van der Waals surface area contributed by atoms with E-state index >= 15 is 0 Å². The Balaban J connectivity index is 1.33. The van der Waals surface area contributed by atoms with Gasteiger partial charge in [-0.3, -0.25) is 0 Å². The molecule has 0 fully saturated rings. The highest BCUT2D eigenvalue weighted by molar-refractivity contribution is 7.13. The number of allylic oxidation sites excluding steroid dienone is 1. The third kappa shape index (κ3) is 10.1. The number of fused-ring (bicyclic) bond motifs is 6. The third-order valence-corrected chi connectivity index (χ3v) is 15.0. The van der Waals surface area contributed by atoms with Crippen molar-refractivity contribution < 1.29 is 0 Å². The quantitative estimate of drug-likeness (QED) is 0.0416. The molecule has 2 aromatic heterocycles. The molecule has 0 amide bonds. The molecule has 320 valence electrons. The van der Waals surface area contributed by atoms with Crippen molar-refractivity contribution in [3.8, 4) is 49.2 Å². The summed E-state index contributed by atoms with van der Waals surface area (Å²) in [6, 6.07) is 24.8. The van der Waals surface area contributed by atoms with Gasteiger partial charge >= 0.3 is 0 Å². The van der Waals surface area contributed by atoms with Crippen LogP contribution in [0.15, 0.2) is 82.9 Å². The van der Waals surface area contributed by atoms with Gasteiger partial charge in [0.1, 0.15) is 17.6 Å². The lowest BCUT2D eigenvalue weighted by molar-refractivity contribution is 0.556. The maximum absolute atomic E-state index is 10.6. The molecule has 0 radical (unpaired) electrons. The Bertz CT molecular complexity index is 2330. The zero-order valence-corrected chi connectivity index (χ0v) is 38.6. The van der Waals surface area contributed by atoms with E-state index in [1.807, 2.05) is 0 Å². The standard InChI is InChI=1S/C55H68N4S2/c1-3-5-7-9-11-13-15-17-19-21-25-42-50-41-32-30-39(48-28-24-34-61-48)36-45(41)54(55(58)59)53(50)43(26-22-20-18-16-14-12-10-8-6-4-2)49-40-31-29-38(47-27-23-33-60-47)35-44(40)51(52(42)49)46(57)37-56/h23-24,27-36H,3-22,25-26,57-59H2,1-2H3/b51-46+. The second-order valence-electron chi connectivity index (χ2n) is 17.5. The smallest absolute Gasteiger partial charge is 0.119 e. The van der Waals surface area contributed by atoms with Gasteiger partial charge < -0.3 is 17.2 Å². The summed E-state index contributed by atoms with van der Waals surface area (Å²) in [4.78, 5) is 2.44. The Kier molecular flexibility index (Phi) is 16.0. The van der Waals surface area contributed by atoms with Crippen LogP contribution in [0.3, 0.4) is 0 Å². The first kappa shape index (κ1) is 44.5. The third-order valence-electron chi connectivity index (χ3n) is 13.2. The van der Waals surface area contributed by atoms with Crippen LogP contribution in [0.2, 0.25) is 0 Å². The average molecular weight is 849 g/mol. The molecule has 0 saturated carbocycles. The highest BCUT2D eigenvalue weighted by Gasteiger charge is 2.39. The van der Waals surface area contributed by atoms with Crippen molar-refractivity contribution in [2.75, 3.05) is 0 Å². The molecule has 0 spiro atoms. The molecule has 0 aliphatic heterocycles. The minimum absolute atomic E-state index is 0.290. The molecule has 5 aromatic rings. The lowest BCUT2D eigenvalue weighted by Crippen LogP contribution is -2.13. The predicted molar refractivity (Wildman–Crippen MR) is 265 cm³/mol. The molecule has 2 aliphatic carbocycles. The van der Waals surface area contributed by atoms with Crippen molar-refractivity contribution in [2.45, 2.75) is 155 Å². The van der Waals surface area contributed by atoms with Crippen molar-refractivity contribution in [3.05, 3.63) is 116 Å². The summed E-state index contributed by atoms with van der Waals surface area (Å²) < 4.78 is 0. The van der Waals surface area contributed by atoms with E-state index < -0.39 is 0 Å². The Labute approximate surface area is 375 Å². The number of hydrogen-bond donors (Lipinski definition) is 3. The van der Waals surface area contributed by atoms with Crippen LogP contribution in [0.5, 0.6) is 0 Å². The van der Waals surface area contributed by atoms with Crippen LogP contribution >= 0.6 is 22.7 Å². The van der Waals surface area contributed by atoms with Crippen LogP contribution in [0.25, 0.3) is 54.3 Å². The monoisotopic (exact) mass is 848 g/mol. The number of unbranched alkanes of at least 4 members (excludes halogenated alkanes) is 18. The van der Waals surface area contributed by atoms with Gasteiger partial charge in [-0.25, -0.2) is 0 Å². The first-order valence-electron chi connectivity index (χ1n) is 23.7. The minimum Gasteiger partial charge on any atom is -0.390 e. The molecule has 0 atom stereocenters. The van der Waals surface area contributed by atoms with E-state index in [0.29, 0.717) is 5.82 Å². The number of nitriles is 1. The van der Waals surface area contributed by atoms with Gasteiger partial charge in [0.15, 0.2) is 0 Å². The maximum Gasteiger partial charge on any atom is 0.119 e. The molecule has 0 saturated heterocycles. The number of hydrogen-bond acceptors (Lipinski definition) is 6. The van der Waals surface area contributed by atoms with Crippen molar-refractivity contribution in [3.63, 3.8) is 0 Å². The topological polar surface area (TPSA) is 102 Å². The van der Waals surface area contributed by atoms with Crippen molar-refractivity contribution in [1.82, 2.24) is 0 Å². The molecular formula is C55H68N4S2. The van der Waals surface area contributed by atoms with E-state index in [2.05, 4.69) is 91.3 Å². The van der Waals surface area contributed by atoms with Crippen LogP contribution in [-0.2, 0) is 12.8 Å². The molecule has 0 unspecified atom stereocenters. The first-order chi connectivity index (χ1) is 30.0. The maximum atomic E-state index is 10.6. The van der Waals surface area contributed by atoms with Gasteiger partial charge in [0.2, 0.25) is 0 Å². The SMILES string of the molecule is CCCCCCCCCCCCc1c2c(c(CCCCCCCCCCCC)c3c1-c1ccc(-c4cccs4)cc1C3=C(N)N)-c1ccc(-c3cccs3)cc1/C2=C(\N)C#N. The number of thiophene rings is 2. The molecular weight excluding hydrogens is 781 g/mol. The summed E-state index contributed by atoms with van der Waals surface area (Å²) in [5, 5.41) is 14.9. The van der Waals surface area contributed by atoms with Crippen LogP contribution in [0, 0.1) is 11.3 Å². The molecule has 3 aromatic carbocycles. The fourth-order valence-corrected chi connectivity index (χ4v) is 11.6. The lowest BCUT2D eigenvalue weighted by Gasteiger charge is -2.22. The average Bonchev–Trinajstić information content (AvgIpc) is 4.11. The fourth-order valence-electron chi connectivity index (χ4n) is 10.1. The van der Waals surface area contributed by atoms with Gasteiger partial charge in [-0.1, -0.05) is 166 Å². The number of benzene rings is 3. The van der Waals surface area contributed by atoms with Crippen molar-refractivity contribution in [2.24, 2.45) is 17.2 Å². The lowest BCUT2D eigenvalue weighted by atomic mass is 9.81. The number of nitrogens with zero attached hydrogens (tertiary/aromatic N) is 1. The number of nitrogens with two attached hydrogens (primary N) is 3. The van der Waals surface area contributed by atoms with Crippen LogP contribution in [0.4, 0.5) is 0 Å². The number of rotatable bonds is 24. The Morgan fingerprint density at radius 1 is 0.475 bits per heavy atom. The largest absolute Gasteiger partial charge is 0.390 e. The van der Waals surface area contributed by atoms with Crippen molar-refractivity contribution >= 4 is 33.8 Å². The molecule has 2 heterocycles. The molecule has 7 rings (SSSR count). The van der Waals surface area contributed by atoms with Gasteiger partial charge in [0, 0.05) is 20.9 Å². The van der Waals surface area contributed by atoms with E-state index in [9.17, 15) is 5.26 Å². The van der Waals surface area contributed by atoms with E-state index in [-0.39, 0.29) is 5.70 Å². The Morgan fingerprint density at radius 2 is 0.869 bits per heavy atom. The van der Waals surface area contributed by atoms with Gasteiger partial charge in [-0.15, -0.1) is 22.7 Å². The Hall–Kier alpha value is -4.57. The Morgan fingerprint density at radius 3 is 1.25 bits per heavy atom. The van der Waals surface area contributed by atoms with E-state index in [1.54, 1.807) is 22.7 Å². The molecule has 0 bridgehead atoms. The molecule has 4 nitrogen and oxygen atoms in total. The molecule has 6 heteroatoms. The van der Waals surface area contributed by atoms with Crippen LogP contribution in [-0.4, -0.2) is 0 Å². The fraction of sp³-hybridized carbons (Fsp3) is 0.436. The summed E-state index contributed by atoms with van der Waals surface area (Å²) in [5.74, 6) is 0.371. The van der Waals surface area contributed by atoms with Crippen LogP contribution < -0.4 is 17.2 Å². The highest BCUT2D eigenvalue weighted by Crippen LogP contribution is 2.59. The van der Waals surface area contributed by atoms with Gasteiger partial charge in [-0.2, -0.15) is 5.26 Å². The van der Waals surface area contributed by atoms with E-state index in [0.717, 1.165) is 53.5 Å². The molecule has 61 heavy (non-hydrogen) atoms. The van der Waals surface area contributed by atoms with Gasteiger partial charge in [0.05, 0.1) is 0 Å². The highest BCUT2D eigenvalue weighted by atomic mass is 32.1. The van der Waals surface area contributed by atoms with Gasteiger partial charge in [0.25, 0.3) is 0 Å². The van der Waals surface area contributed by atoms with E-state index in [4.69, 9.17) is 17.2 Å². The predicted octanol–water partition coefficient (Wildman–Crippen LogP) is 15.9. The minimum atomic E-state index is 0.290. The zero-order valence-electron chi connectivity index (χ0n) is 37.0. The summed E-state index contributed by atoms with van der Waals surface area (Å²) in [7, 11) is 0. The molecule has 6 N–H and O–H groups in total.